The highest BCUT2D eigenvalue weighted by Gasteiger charge is 2.54. The summed E-state index contributed by atoms with van der Waals surface area (Å²) in [7, 11) is 0. The molecule has 0 radical (unpaired) electrons. The van der Waals surface area contributed by atoms with Crippen molar-refractivity contribution >= 4 is 5.97 Å². The lowest BCUT2D eigenvalue weighted by Gasteiger charge is -2.24. The maximum atomic E-state index is 11.7. The van der Waals surface area contributed by atoms with Crippen molar-refractivity contribution in [2.45, 2.75) is 52.0 Å². The van der Waals surface area contributed by atoms with Gasteiger partial charge < -0.3 is 5.11 Å². The fraction of sp³-hybridized carbons (Fsp3) is 0.632. The monoisotopic (exact) mass is 301 g/mol. The van der Waals surface area contributed by atoms with Gasteiger partial charge in [-0.3, -0.25) is 9.69 Å². The van der Waals surface area contributed by atoms with Crippen molar-refractivity contribution in [2.75, 3.05) is 13.1 Å². The molecule has 1 N–H and O–H groups in total. The fourth-order valence-electron chi connectivity index (χ4n) is 4.23. The van der Waals surface area contributed by atoms with Crippen LogP contribution in [0.3, 0.4) is 0 Å². The normalized spacial score (nSPS) is 28.8. The fourth-order valence-corrected chi connectivity index (χ4v) is 4.23. The Morgan fingerprint density at radius 3 is 2.55 bits per heavy atom. The molecule has 2 aliphatic rings. The number of hydrogen-bond acceptors (Lipinski definition) is 2. The summed E-state index contributed by atoms with van der Waals surface area (Å²) in [5, 5.41) is 9.66. The van der Waals surface area contributed by atoms with Crippen LogP contribution in [0.2, 0.25) is 0 Å². The van der Waals surface area contributed by atoms with E-state index in [0.29, 0.717) is 12.5 Å². The second kappa shape index (κ2) is 5.38. The van der Waals surface area contributed by atoms with Crippen molar-refractivity contribution in [3.8, 4) is 0 Å². The third kappa shape index (κ3) is 2.67. The summed E-state index contributed by atoms with van der Waals surface area (Å²) in [5.41, 5.74) is 2.34. The van der Waals surface area contributed by atoms with Crippen molar-refractivity contribution in [1.82, 2.24) is 4.90 Å². The van der Waals surface area contributed by atoms with Gasteiger partial charge in [0, 0.05) is 19.6 Å². The number of hydrogen-bond donors (Lipinski definition) is 1. The van der Waals surface area contributed by atoms with Crippen molar-refractivity contribution in [3.63, 3.8) is 0 Å². The summed E-state index contributed by atoms with van der Waals surface area (Å²) in [6, 6.07) is 8.81. The molecule has 0 aromatic heterocycles. The van der Waals surface area contributed by atoms with E-state index in [0.717, 1.165) is 32.4 Å². The molecule has 1 aromatic carbocycles. The first-order valence-electron chi connectivity index (χ1n) is 8.36. The zero-order valence-electron chi connectivity index (χ0n) is 13.9. The van der Waals surface area contributed by atoms with Crippen LogP contribution in [0.25, 0.3) is 0 Å². The standard InChI is InChI=1S/C19H27NO2/c1-18(2,3)15-8-6-14(7-9-15)11-20-12-16-5-4-10-19(16,13-20)17(21)22/h6-9,16H,4-5,10-13H2,1-3H3,(H,21,22)/t16-,19+/m0/s1. The van der Waals surface area contributed by atoms with Gasteiger partial charge in [0.25, 0.3) is 0 Å². The van der Waals surface area contributed by atoms with Gasteiger partial charge in [-0.25, -0.2) is 0 Å². The lowest BCUT2D eigenvalue weighted by molar-refractivity contribution is -0.149. The van der Waals surface area contributed by atoms with E-state index in [1.54, 1.807) is 0 Å². The van der Waals surface area contributed by atoms with Crippen molar-refractivity contribution in [1.29, 1.82) is 0 Å². The smallest absolute Gasteiger partial charge is 0.311 e. The molecule has 3 nitrogen and oxygen atoms in total. The topological polar surface area (TPSA) is 40.5 Å². The van der Waals surface area contributed by atoms with E-state index >= 15 is 0 Å². The summed E-state index contributed by atoms with van der Waals surface area (Å²) in [6.45, 7) is 9.19. The van der Waals surface area contributed by atoms with Crippen molar-refractivity contribution in [2.24, 2.45) is 11.3 Å². The van der Waals surface area contributed by atoms with E-state index < -0.39 is 11.4 Å². The Balaban J connectivity index is 1.69. The summed E-state index contributed by atoms with van der Waals surface area (Å²) < 4.78 is 0. The Kier molecular flexibility index (Phi) is 3.80. The summed E-state index contributed by atoms with van der Waals surface area (Å²) in [6.07, 6.45) is 3.00. The third-order valence-electron chi connectivity index (χ3n) is 5.59. The van der Waals surface area contributed by atoms with Gasteiger partial charge in [0.15, 0.2) is 0 Å². The van der Waals surface area contributed by atoms with Gasteiger partial charge in [-0.05, 0) is 35.3 Å². The molecule has 1 aromatic rings. The van der Waals surface area contributed by atoms with Gasteiger partial charge in [0.05, 0.1) is 5.41 Å². The average molecular weight is 301 g/mol. The Bertz CT molecular complexity index is 558. The molecule has 0 amide bonds. The lowest BCUT2D eigenvalue weighted by atomic mass is 9.81. The Morgan fingerprint density at radius 1 is 1.32 bits per heavy atom. The number of likely N-dealkylation sites (tertiary alicyclic amines) is 1. The number of carboxylic acid groups (broad SMARTS) is 1. The van der Waals surface area contributed by atoms with E-state index in [4.69, 9.17) is 0 Å². The van der Waals surface area contributed by atoms with Gasteiger partial charge >= 0.3 is 5.97 Å². The van der Waals surface area contributed by atoms with Crippen LogP contribution < -0.4 is 0 Å². The van der Waals surface area contributed by atoms with Gasteiger partial charge in [-0.1, -0.05) is 51.5 Å². The molecule has 22 heavy (non-hydrogen) atoms. The molecular formula is C19H27NO2. The minimum absolute atomic E-state index is 0.177. The van der Waals surface area contributed by atoms with Crippen LogP contribution in [-0.2, 0) is 16.8 Å². The summed E-state index contributed by atoms with van der Waals surface area (Å²) in [4.78, 5) is 14.1. The number of nitrogens with zero attached hydrogens (tertiary/aromatic N) is 1. The maximum Gasteiger partial charge on any atom is 0.311 e. The second-order valence-corrected chi connectivity index (χ2v) is 8.17. The second-order valence-electron chi connectivity index (χ2n) is 8.17. The van der Waals surface area contributed by atoms with Crippen LogP contribution in [0, 0.1) is 11.3 Å². The van der Waals surface area contributed by atoms with Crippen molar-refractivity contribution < 1.29 is 9.90 Å². The van der Waals surface area contributed by atoms with Crippen molar-refractivity contribution in [3.05, 3.63) is 35.4 Å². The quantitative estimate of drug-likeness (QED) is 0.926. The minimum atomic E-state index is -0.583. The molecular weight excluding hydrogens is 274 g/mol. The first-order chi connectivity index (χ1) is 10.3. The maximum absolute atomic E-state index is 11.7. The number of carbonyl (C=O) groups is 1. The van der Waals surface area contributed by atoms with Crippen LogP contribution in [-0.4, -0.2) is 29.1 Å². The highest BCUT2D eigenvalue weighted by molar-refractivity contribution is 5.76. The Morgan fingerprint density at radius 2 is 2.00 bits per heavy atom. The predicted molar refractivity (Wildman–Crippen MR) is 87.8 cm³/mol. The van der Waals surface area contributed by atoms with E-state index in [1.165, 1.54) is 11.1 Å². The van der Waals surface area contributed by atoms with Crippen LogP contribution >= 0.6 is 0 Å². The van der Waals surface area contributed by atoms with Crippen LogP contribution in [0.15, 0.2) is 24.3 Å². The molecule has 3 heteroatoms. The van der Waals surface area contributed by atoms with E-state index in [1.807, 2.05) is 0 Å². The van der Waals surface area contributed by atoms with Gasteiger partial charge in [0.2, 0.25) is 0 Å². The molecule has 3 rings (SSSR count). The SMILES string of the molecule is CC(C)(C)c1ccc(CN2C[C@@H]3CCC[C@@]3(C(=O)O)C2)cc1. The zero-order chi connectivity index (χ0) is 16.0. The Hall–Kier alpha value is -1.35. The molecule has 0 bridgehead atoms. The third-order valence-corrected chi connectivity index (χ3v) is 5.59. The molecule has 1 heterocycles. The minimum Gasteiger partial charge on any atom is -0.481 e. The first-order valence-corrected chi connectivity index (χ1v) is 8.36. The highest BCUT2D eigenvalue weighted by atomic mass is 16.4. The largest absolute Gasteiger partial charge is 0.481 e. The summed E-state index contributed by atoms with van der Waals surface area (Å²) in [5.74, 6) is -0.237. The average Bonchev–Trinajstić information content (AvgIpc) is 2.95. The van der Waals surface area contributed by atoms with Gasteiger partial charge in [-0.2, -0.15) is 0 Å². The Labute approximate surface area is 133 Å². The molecule has 2 fully saturated rings. The van der Waals surface area contributed by atoms with Crippen LogP contribution in [0.1, 0.15) is 51.2 Å². The first kappa shape index (κ1) is 15.5. The van der Waals surface area contributed by atoms with Crippen LogP contribution in [0.4, 0.5) is 0 Å². The molecule has 120 valence electrons. The molecule has 1 saturated carbocycles. The number of benzene rings is 1. The van der Waals surface area contributed by atoms with Crippen LogP contribution in [0.5, 0.6) is 0 Å². The molecule has 1 aliphatic carbocycles. The van der Waals surface area contributed by atoms with E-state index in [-0.39, 0.29) is 5.41 Å². The summed E-state index contributed by atoms with van der Waals surface area (Å²) >= 11 is 0. The predicted octanol–water partition coefficient (Wildman–Crippen LogP) is 3.67. The number of aliphatic carboxylic acids is 1. The number of carboxylic acids is 1. The highest BCUT2D eigenvalue weighted by Crippen LogP contribution is 2.49. The number of rotatable bonds is 3. The van der Waals surface area contributed by atoms with E-state index in [9.17, 15) is 9.90 Å². The van der Waals surface area contributed by atoms with Gasteiger partial charge in [-0.15, -0.1) is 0 Å². The van der Waals surface area contributed by atoms with E-state index in [2.05, 4.69) is 49.9 Å². The zero-order valence-corrected chi connectivity index (χ0v) is 13.9. The molecule has 2 atom stereocenters. The molecule has 1 aliphatic heterocycles. The number of fused-ring (bicyclic) bond motifs is 1. The lowest BCUT2D eigenvalue weighted by Crippen LogP contribution is -2.35. The molecule has 1 saturated heterocycles. The molecule has 0 spiro atoms. The van der Waals surface area contributed by atoms with Gasteiger partial charge in [0.1, 0.15) is 0 Å². The molecule has 0 unspecified atom stereocenters.